The Labute approximate surface area is 131 Å². The first-order valence-electron chi connectivity index (χ1n) is 7.74. The van der Waals surface area contributed by atoms with E-state index in [-0.39, 0.29) is 11.8 Å². The van der Waals surface area contributed by atoms with Crippen LogP contribution >= 0.6 is 11.6 Å². The lowest BCUT2D eigenvalue weighted by Gasteiger charge is -2.26. The molecule has 1 aromatic rings. The highest BCUT2D eigenvalue weighted by molar-refractivity contribution is 6.29. The molecule has 1 aromatic heterocycles. The van der Waals surface area contributed by atoms with Crippen LogP contribution < -0.4 is 5.32 Å². The van der Waals surface area contributed by atoms with Gasteiger partial charge < -0.3 is 10.2 Å². The molecule has 0 radical (unpaired) electrons. The highest BCUT2D eigenvalue weighted by atomic mass is 35.5. The third-order valence-electron chi connectivity index (χ3n) is 3.83. The zero-order chi connectivity index (χ0) is 15.2. The van der Waals surface area contributed by atoms with Gasteiger partial charge >= 0.3 is 0 Å². The number of nitrogens with one attached hydrogen (secondary N) is 1. The quantitative estimate of drug-likeness (QED) is 0.850. The summed E-state index contributed by atoms with van der Waals surface area (Å²) in [6.07, 6.45) is 3.87. The molecule has 1 N–H and O–H groups in total. The lowest BCUT2D eigenvalue weighted by Crippen LogP contribution is -2.37. The second-order valence-corrected chi connectivity index (χ2v) is 6.30. The third kappa shape index (κ3) is 4.97. The second-order valence-electron chi connectivity index (χ2n) is 5.92. The van der Waals surface area contributed by atoms with Crippen LogP contribution in [0.5, 0.6) is 0 Å². The highest BCUT2D eigenvalue weighted by Crippen LogP contribution is 2.17. The molecule has 1 aliphatic rings. The van der Waals surface area contributed by atoms with E-state index < -0.39 is 0 Å². The molecule has 116 valence electrons. The molecule has 0 bridgehead atoms. The average molecular weight is 310 g/mol. The first kappa shape index (κ1) is 16.2. The SMILES string of the molecule is CC(C)c1cc(C(=O)NCCN2CCCCC2)cc(Cl)n1. The summed E-state index contributed by atoms with van der Waals surface area (Å²) in [7, 11) is 0. The first-order valence-corrected chi connectivity index (χ1v) is 8.12. The number of halogens is 1. The van der Waals surface area contributed by atoms with Crippen LogP contribution in [0.3, 0.4) is 0 Å². The number of rotatable bonds is 5. The molecular formula is C16H24ClN3O. The molecule has 2 rings (SSSR count). The van der Waals surface area contributed by atoms with E-state index in [1.54, 1.807) is 6.07 Å². The lowest BCUT2D eigenvalue weighted by molar-refractivity contribution is 0.0946. The maximum absolute atomic E-state index is 12.2. The Balaban J connectivity index is 1.87. The summed E-state index contributed by atoms with van der Waals surface area (Å²) in [5.41, 5.74) is 1.45. The van der Waals surface area contributed by atoms with Gasteiger partial charge in [-0.15, -0.1) is 0 Å². The third-order valence-corrected chi connectivity index (χ3v) is 4.02. The lowest BCUT2D eigenvalue weighted by atomic mass is 10.1. The molecule has 5 heteroatoms. The van der Waals surface area contributed by atoms with Crippen molar-refractivity contribution >= 4 is 17.5 Å². The molecule has 0 unspecified atom stereocenters. The van der Waals surface area contributed by atoms with Crippen LogP contribution in [0.15, 0.2) is 12.1 Å². The Morgan fingerprint density at radius 2 is 2.05 bits per heavy atom. The minimum atomic E-state index is -0.0711. The number of carbonyl (C=O) groups is 1. The van der Waals surface area contributed by atoms with Crippen molar-refractivity contribution < 1.29 is 4.79 Å². The smallest absolute Gasteiger partial charge is 0.251 e. The van der Waals surface area contributed by atoms with Gasteiger partial charge in [-0.1, -0.05) is 31.9 Å². The fraction of sp³-hybridized carbons (Fsp3) is 0.625. The maximum Gasteiger partial charge on any atom is 0.251 e. The Bertz CT molecular complexity index is 484. The number of likely N-dealkylation sites (tertiary alicyclic amines) is 1. The first-order chi connectivity index (χ1) is 10.1. The fourth-order valence-corrected chi connectivity index (χ4v) is 2.77. The van der Waals surface area contributed by atoms with Gasteiger partial charge in [-0.3, -0.25) is 4.79 Å². The number of carbonyl (C=O) groups excluding carboxylic acids is 1. The standard InChI is InChI=1S/C16H24ClN3O/c1-12(2)14-10-13(11-15(17)19-14)16(21)18-6-9-20-7-4-3-5-8-20/h10-12H,3-9H2,1-2H3,(H,18,21). The molecule has 4 nitrogen and oxygen atoms in total. The Hall–Kier alpha value is -1.13. The normalized spacial score (nSPS) is 16.2. The molecule has 0 atom stereocenters. The van der Waals surface area contributed by atoms with Gasteiger partial charge in [0.05, 0.1) is 0 Å². The molecule has 0 spiro atoms. The summed E-state index contributed by atoms with van der Waals surface area (Å²) < 4.78 is 0. The van der Waals surface area contributed by atoms with Gasteiger partial charge in [0.15, 0.2) is 0 Å². The summed E-state index contributed by atoms with van der Waals surface area (Å²) in [5.74, 6) is 0.182. The monoisotopic (exact) mass is 309 g/mol. The van der Waals surface area contributed by atoms with E-state index in [4.69, 9.17) is 11.6 Å². The van der Waals surface area contributed by atoms with Crippen molar-refractivity contribution in [3.8, 4) is 0 Å². The predicted molar refractivity (Wildman–Crippen MR) is 86.0 cm³/mol. The van der Waals surface area contributed by atoms with Crippen LogP contribution in [0, 0.1) is 0 Å². The van der Waals surface area contributed by atoms with Crippen LogP contribution in [-0.2, 0) is 0 Å². The molecule has 1 amide bonds. The van der Waals surface area contributed by atoms with Gasteiger partial charge in [0, 0.05) is 24.3 Å². The van der Waals surface area contributed by atoms with E-state index in [9.17, 15) is 4.79 Å². The van der Waals surface area contributed by atoms with Crippen LogP contribution in [0.2, 0.25) is 5.15 Å². The molecule has 1 aliphatic heterocycles. The average Bonchev–Trinajstić information content (AvgIpc) is 2.47. The van der Waals surface area contributed by atoms with Crippen molar-refractivity contribution in [1.82, 2.24) is 15.2 Å². The number of amides is 1. The van der Waals surface area contributed by atoms with Gasteiger partial charge in [0.25, 0.3) is 5.91 Å². The summed E-state index contributed by atoms with van der Waals surface area (Å²) in [6, 6.07) is 3.45. The fourth-order valence-electron chi connectivity index (χ4n) is 2.56. The Kier molecular flexibility index (Phi) is 6.00. The van der Waals surface area contributed by atoms with Crippen LogP contribution in [-0.4, -0.2) is 42.0 Å². The number of hydrogen-bond acceptors (Lipinski definition) is 3. The van der Waals surface area contributed by atoms with Crippen LogP contribution in [0.1, 0.15) is 55.1 Å². The number of nitrogens with zero attached hydrogens (tertiary/aromatic N) is 2. The highest BCUT2D eigenvalue weighted by Gasteiger charge is 2.13. The molecule has 2 heterocycles. The van der Waals surface area contributed by atoms with Gasteiger partial charge in [-0.2, -0.15) is 0 Å². The van der Waals surface area contributed by atoms with Crippen molar-refractivity contribution in [2.75, 3.05) is 26.2 Å². The van der Waals surface area contributed by atoms with E-state index in [0.717, 1.165) is 25.3 Å². The summed E-state index contributed by atoms with van der Waals surface area (Å²) >= 11 is 5.99. The molecule has 1 saturated heterocycles. The van der Waals surface area contributed by atoms with E-state index in [1.807, 2.05) is 19.9 Å². The molecule has 21 heavy (non-hydrogen) atoms. The van der Waals surface area contributed by atoms with E-state index in [2.05, 4.69) is 15.2 Å². The Morgan fingerprint density at radius 3 is 2.71 bits per heavy atom. The molecular weight excluding hydrogens is 286 g/mol. The summed E-state index contributed by atoms with van der Waals surface area (Å²) in [6.45, 7) is 7.97. The minimum absolute atomic E-state index is 0.0711. The predicted octanol–water partition coefficient (Wildman–Crippen LogP) is 3.07. The summed E-state index contributed by atoms with van der Waals surface area (Å²) in [4.78, 5) is 18.8. The maximum atomic E-state index is 12.2. The summed E-state index contributed by atoms with van der Waals surface area (Å²) in [5, 5.41) is 3.35. The number of hydrogen-bond donors (Lipinski definition) is 1. The van der Waals surface area contributed by atoms with Crippen molar-refractivity contribution in [3.63, 3.8) is 0 Å². The van der Waals surface area contributed by atoms with Crippen molar-refractivity contribution in [1.29, 1.82) is 0 Å². The number of piperidine rings is 1. The molecule has 0 saturated carbocycles. The zero-order valence-corrected chi connectivity index (χ0v) is 13.6. The number of aromatic nitrogens is 1. The topological polar surface area (TPSA) is 45.2 Å². The van der Waals surface area contributed by atoms with Gasteiger partial charge in [0.2, 0.25) is 0 Å². The number of pyridine rings is 1. The van der Waals surface area contributed by atoms with Gasteiger partial charge in [-0.25, -0.2) is 4.98 Å². The molecule has 0 aromatic carbocycles. The van der Waals surface area contributed by atoms with Crippen LogP contribution in [0.4, 0.5) is 0 Å². The zero-order valence-electron chi connectivity index (χ0n) is 12.9. The largest absolute Gasteiger partial charge is 0.351 e. The second kappa shape index (κ2) is 7.76. The van der Waals surface area contributed by atoms with Crippen molar-refractivity contribution in [3.05, 3.63) is 28.5 Å². The van der Waals surface area contributed by atoms with Crippen LogP contribution in [0.25, 0.3) is 0 Å². The van der Waals surface area contributed by atoms with Crippen molar-refractivity contribution in [2.45, 2.75) is 39.0 Å². The van der Waals surface area contributed by atoms with E-state index in [0.29, 0.717) is 17.3 Å². The van der Waals surface area contributed by atoms with E-state index in [1.165, 1.54) is 19.3 Å². The minimum Gasteiger partial charge on any atom is -0.351 e. The molecule has 1 fully saturated rings. The van der Waals surface area contributed by atoms with Gasteiger partial charge in [-0.05, 0) is 44.0 Å². The molecule has 0 aliphatic carbocycles. The van der Waals surface area contributed by atoms with Gasteiger partial charge in [0.1, 0.15) is 5.15 Å². The Morgan fingerprint density at radius 1 is 1.33 bits per heavy atom. The van der Waals surface area contributed by atoms with Crippen molar-refractivity contribution in [2.24, 2.45) is 0 Å². The van der Waals surface area contributed by atoms with E-state index >= 15 is 0 Å².